The van der Waals surface area contributed by atoms with Crippen molar-refractivity contribution in [2.45, 2.75) is 50.9 Å². The third-order valence-corrected chi connectivity index (χ3v) is 9.26. The Balaban J connectivity index is 1.26. The van der Waals surface area contributed by atoms with Crippen LogP contribution in [0, 0.1) is 23.4 Å². The second-order valence-electron chi connectivity index (χ2n) is 11.9. The van der Waals surface area contributed by atoms with Gasteiger partial charge >= 0.3 is 0 Å². The SMILES string of the molecule is C[C@@H](COc1ccccc1C1=C(C(=O)N(Cc2cccc(Cl)c2Cl)C2CC2)[C@@H]2CNC[C@H](C1)N2)COc1c(F)ccc(F)c1F. The van der Waals surface area contributed by atoms with Crippen molar-refractivity contribution in [3.8, 4) is 11.5 Å². The predicted molar refractivity (Wildman–Crippen MR) is 168 cm³/mol. The molecular weight excluding hydrogens is 626 g/mol. The Hall–Kier alpha value is -3.24. The molecule has 1 saturated heterocycles. The Morgan fingerprint density at radius 1 is 0.978 bits per heavy atom. The van der Waals surface area contributed by atoms with Crippen LogP contribution in [-0.4, -0.2) is 55.2 Å². The molecule has 238 valence electrons. The largest absolute Gasteiger partial charge is 0.493 e. The lowest BCUT2D eigenvalue weighted by atomic mass is 9.83. The maximum Gasteiger partial charge on any atom is 0.252 e. The normalized spacial score (nSPS) is 20.1. The van der Waals surface area contributed by atoms with Gasteiger partial charge in [0.1, 0.15) is 5.75 Å². The fraction of sp³-hybridized carbons (Fsp3) is 0.382. The highest BCUT2D eigenvalue weighted by atomic mass is 35.5. The first-order valence-corrected chi connectivity index (χ1v) is 15.9. The van der Waals surface area contributed by atoms with Crippen LogP contribution in [0.25, 0.3) is 5.57 Å². The van der Waals surface area contributed by atoms with E-state index in [0.717, 1.165) is 48.2 Å². The molecule has 45 heavy (non-hydrogen) atoms. The van der Waals surface area contributed by atoms with E-state index in [1.54, 1.807) is 13.0 Å². The summed E-state index contributed by atoms with van der Waals surface area (Å²) in [7, 11) is 0. The predicted octanol–water partition coefficient (Wildman–Crippen LogP) is 6.78. The lowest BCUT2D eigenvalue weighted by molar-refractivity contribution is -0.128. The van der Waals surface area contributed by atoms with Gasteiger partial charge in [0.2, 0.25) is 5.82 Å². The standard InChI is InChI=1S/C34H34Cl2F3N3O3/c1-19(18-45-33-27(38)12-11-26(37)32(33)39)17-44-29-8-3-2-6-23(29)24-13-21-14-40-15-28(41-21)30(24)34(43)42(22-9-10-22)16-20-5-4-7-25(35)31(20)36/h2-8,11-12,19,21-22,28,40-41H,9-10,13-18H2,1H3/t19-,21-,28-/m0/s1. The summed E-state index contributed by atoms with van der Waals surface area (Å²) in [6.45, 7) is 3.62. The molecule has 3 aliphatic rings. The summed E-state index contributed by atoms with van der Waals surface area (Å²) in [4.78, 5) is 16.4. The first-order valence-electron chi connectivity index (χ1n) is 15.1. The summed E-state index contributed by atoms with van der Waals surface area (Å²) in [6.07, 6.45) is 2.47. The number of benzene rings is 3. The number of amides is 1. The zero-order chi connectivity index (χ0) is 31.7. The lowest BCUT2D eigenvalue weighted by Gasteiger charge is -2.41. The fourth-order valence-corrected chi connectivity index (χ4v) is 6.35. The van der Waals surface area contributed by atoms with Crippen LogP contribution in [0.5, 0.6) is 11.5 Å². The van der Waals surface area contributed by atoms with Crippen LogP contribution in [0.1, 0.15) is 37.3 Å². The average molecular weight is 661 g/mol. The van der Waals surface area contributed by atoms with Gasteiger partial charge in [-0.05, 0) is 54.7 Å². The minimum atomic E-state index is -1.36. The van der Waals surface area contributed by atoms with Crippen LogP contribution in [0.15, 0.2) is 60.2 Å². The Morgan fingerprint density at radius 3 is 2.53 bits per heavy atom. The van der Waals surface area contributed by atoms with Crippen LogP contribution >= 0.6 is 23.2 Å². The molecule has 3 aromatic carbocycles. The first-order chi connectivity index (χ1) is 21.7. The summed E-state index contributed by atoms with van der Waals surface area (Å²) in [5.74, 6) is -4.00. The van der Waals surface area contributed by atoms with Crippen molar-refractivity contribution in [3.05, 3.63) is 98.8 Å². The Kier molecular flexibility index (Phi) is 9.61. The number of halogens is 5. The van der Waals surface area contributed by atoms with Gasteiger partial charge in [-0.3, -0.25) is 4.79 Å². The molecule has 0 aromatic heterocycles. The molecule has 3 aromatic rings. The maximum absolute atomic E-state index is 14.5. The molecule has 2 fully saturated rings. The molecule has 0 unspecified atom stereocenters. The maximum atomic E-state index is 14.5. The number of nitrogens with one attached hydrogen (secondary N) is 2. The molecule has 6 nitrogen and oxygen atoms in total. The number of rotatable bonds is 11. The van der Waals surface area contributed by atoms with Crippen molar-refractivity contribution >= 4 is 34.7 Å². The van der Waals surface area contributed by atoms with Crippen LogP contribution in [0.2, 0.25) is 10.0 Å². The second-order valence-corrected chi connectivity index (χ2v) is 12.7. The van der Waals surface area contributed by atoms with E-state index in [0.29, 0.717) is 40.9 Å². The van der Waals surface area contributed by atoms with Crippen molar-refractivity contribution < 1.29 is 27.4 Å². The van der Waals surface area contributed by atoms with E-state index in [-0.39, 0.29) is 43.2 Å². The van der Waals surface area contributed by atoms with Gasteiger partial charge in [-0.25, -0.2) is 8.78 Å². The Morgan fingerprint density at radius 2 is 1.73 bits per heavy atom. The number of carbonyl (C=O) groups is 1. The molecular formula is C34H34Cl2F3N3O3. The molecule has 2 N–H and O–H groups in total. The highest BCUT2D eigenvalue weighted by Gasteiger charge is 2.41. The third-order valence-electron chi connectivity index (χ3n) is 8.40. The van der Waals surface area contributed by atoms with Gasteiger partial charge < -0.3 is 25.0 Å². The summed E-state index contributed by atoms with van der Waals surface area (Å²) in [5, 5.41) is 8.00. The minimum Gasteiger partial charge on any atom is -0.493 e. The zero-order valence-corrected chi connectivity index (χ0v) is 26.2. The van der Waals surface area contributed by atoms with E-state index in [1.165, 1.54) is 0 Å². The molecule has 11 heteroatoms. The summed E-state index contributed by atoms with van der Waals surface area (Å²) in [6, 6.07) is 14.7. The van der Waals surface area contributed by atoms with E-state index in [2.05, 4.69) is 10.6 Å². The molecule has 0 radical (unpaired) electrons. The van der Waals surface area contributed by atoms with Gasteiger partial charge in [-0.1, -0.05) is 60.5 Å². The summed E-state index contributed by atoms with van der Waals surface area (Å²) < 4.78 is 53.2. The number of hydrogen-bond donors (Lipinski definition) is 2. The number of hydrogen-bond acceptors (Lipinski definition) is 5. The first kappa shape index (κ1) is 31.7. The van der Waals surface area contributed by atoms with Crippen molar-refractivity contribution in [1.82, 2.24) is 15.5 Å². The number of nitrogens with zero attached hydrogens (tertiary/aromatic N) is 1. The molecule has 2 heterocycles. The van der Waals surface area contributed by atoms with Crippen molar-refractivity contribution in [1.29, 1.82) is 0 Å². The van der Waals surface area contributed by atoms with Crippen LogP contribution in [0.4, 0.5) is 13.2 Å². The van der Waals surface area contributed by atoms with Crippen LogP contribution in [-0.2, 0) is 11.3 Å². The zero-order valence-electron chi connectivity index (χ0n) is 24.7. The summed E-state index contributed by atoms with van der Waals surface area (Å²) >= 11 is 12.8. The molecule has 1 amide bonds. The van der Waals surface area contributed by atoms with Crippen molar-refractivity contribution in [2.24, 2.45) is 5.92 Å². The van der Waals surface area contributed by atoms with Gasteiger partial charge in [0, 0.05) is 48.8 Å². The molecule has 2 bridgehead atoms. The fourth-order valence-electron chi connectivity index (χ4n) is 5.97. The average Bonchev–Trinajstić information content (AvgIpc) is 3.88. The number of fused-ring (bicyclic) bond motifs is 2. The van der Waals surface area contributed by atoms with Gasteiger partial charge in [-0.15, -0.1) is 0 Å². The molecule has 1 saturated carbocycles. The van der Waals surface area contributed by atoms with Crippen LogP contribution in [0.3, 0.4) is 0 Å². The lowest BCUT2D eigenvalue weighted by Crippen LogP contribution is -2.60. The smallest absolute Gasteiger partial charge is 0.252 e. The minimum absolute atomic E-state index is 0.0427. The second kappa shape index (κ2) is 13.6. The summed E-state index contributed by atoms with van der Waals surface area (Å²) in [5.41, 5.74) is 3.26. The topological polar surface area (TPSA) is 62.8 Å². The molecule has 1 aliphatic carbocycles. The number of carbonyl (C=O) groups excluding carboxylic acids is 1. The number of para-hydroxylation sites is 1. The van der Waals surface area contributed by atoms with Gasteiger partial charge in [-0.2, -0.15) is 4.39 Å². The van der Waals surface area contributed by atoms with Gasteiger partial charge in [0.15, 0.2) is 17.4 Å². The Bertz CT molecular complexity index is 1620. The highest BCUT2D eigenvalue weighted by molar-refractivity contribution is 6.42. The molecule has 0 spiro atoms. The van der Waals surface area contributed by atoms with Crippen LogP contribution < -0.4 is 20.1 Å². The molecule has 6 rings (SSSR count). The van der Waals surface area contributed by atoms with E-state index in [1.807, 2.05) is 41.3 Å². The quantitative estimate of drug-likeness (QED) is 0.222. The Labute approximate surface area is 270 Å². The van der Waals surface area contributed by atoms with E-state index in [4.69, 9.17) is 32.7 Å². The van der Waals surface area contributed by atoms with Crippen molar-refractivity contribution in [2.75, 3.05) is 26.3 Å². The number of piperazine rings is 1. The van der Waals surface area contributed by atoms with Gasteiger partial charge in [0.05, 0.1) is 29.3 Å². The van der Waals surface area contributed by atoms with E-state index < -0.39 is 23.2 Å². The van der Waals surface area contributed by atoms with Gasteiger partial charge in [0.25, 0.3) is 5.91 Å². The monoisotopic (exact) mass is 659 g/mol. The highest BCUT2D eigenvalue weighted by Crippen LogP contribution is 2.40. The van der Waals surface area contributed by atoms with E-state index in [9.17, 15) is 18.0 Å². The van der Waals surface area contributed by atoms with E-state index >= 15 is 0 Å². The number of ether oxygens (including phenoxy) is 2. The van der Waals surface area contributed by atoms with Crippen molar-refractivity contribution in [3.63, 3.8) is 0 Å². The molecule has 2 aliphatic heterocycles. The third kappa shape index (κ3) is 6.97. The molecule has 3 atom stereocenters.